The molecule has 1 heterocycles. The first-order valence-corrected chi connectivity index (χ1v) is 13.0. The summed E-state index contributed by atoms with van der Waals surface area (Å²) < 4.78 is 15.4. The molecular formula is C29H42FN3O2. The van der Waals surface area contributed by atoms with Gasteiger partial charge in [0.1, 0.15) is 5.82 Å². The second-order valence-corrected chi connectivity index (χ2v) is 10.7. The lowest BCUT2D eigenvalue weighted by molar-refractivity contribution is -0.0542. The van der Waals surface area contributed by atoms with Gasteiger partial charge < -0.3 is 21.1 Å². The first-order chi connectivity index (χ1) is 16.6. The van der Waals surface area contributed by atoms with E-state index in [-0.39, 0.29) is 23.2 Å². The molecule has 1 fully saturated rings. The van der Waals surface area contributed by atoms with Crippen molar-refractivity contribution in [2.75, 3.05) is 26.2 Å². The smallest absolute Gasteiger partial charge is 0.317 e. The molecule has 192 valence electrons. The fourth-order valence-electron chi connectivity index (χ4n) is 5.12. The summed E-state index contributed by atoms with van der Waals surface area (Å²) in [6, 6.07) is 12.8. The quantitative estimate of drug-likeness (QED) is 0.444. The van der Waals surface area contributed by atoms with Crippen molar-refractivity contribution in [2.24, 2.45) is 17.1 Å². The fraction of sp³-hybridized carbons (Fsp3) is 0.552. The molecule has 0 bridgehead atoms. The number of nitrogens with two attached hydrogens (primary N) is 1. The highest BCUT2D eigenvalue weighted by atomic mass is 19.1. The van der Waals surface area contributed by atoms with Crippen molar-refractivity contribution >= 4 is 6.03 Å². The van der Waals surface area contributed by atoms with Crippen LogP contribution in [0.25, 0.3) is 11.1 Å². The summed E-state index contributed by atoms with van der Waals surface area (Å²) in [5.74, 6) is -0.529. The van der Waals surface area contributed by atoms with E-state index in [2.05, 4.69) is 12.2 Å². The Kier molecular flexibility index (Phi) is 8.94. The lowest BCUT2D eigenvalue weighted by atomic mass is 9.72. The van der Waals surface area contributed by atoms with E-state index >= 15 is 4.39 Å². The third-order valence-electron chi connectivity index (χ3n) is 7.39. The molecule has 4 N–H and O–H groups in total. The number of aryl methyl sites for hydroxylation is 1. The van der Waals surface area contributed by atoms with Gasteiger partial charge in [0.2, 0.25) is 0 Å². The average Bonchev–Trinajstić information content (AvgIpc) is 2.87. The Balaban J connectivity index is 1.95. The monoisotopic (exact) mass is 483 g/mol. The lowest BCUT2D eigenvalue weighted by Crippen LogP contribution is -2.52. The Morgan fingerprint density at radius 2 is 1.97 bits per heavy atom. The topological polar surface area (TPSA) is 78.6 Å². The molecule has 2 unspecified atom stereocenters. The molecule has 2 amide bonds. The highest BCUT2D eigenvalue weighted by molar-refractivity contribution is 5.74. The maximum absolute atomic E-state index is 15.4. The van der Waals surface area contributed by atoms with Crippen LogP contribution in [0.4, 0.5) is 9.18 Å². The summed E-state index contributed by atoms with van der Waals surface area (Å²) in [5.41, 5.74) is 7.36. The molecule has 35 heavy (non-hydrogen) atoms. The molecule has 3 rings (SSSR count). The summed E-state index contributed by atoms with van der Waals surface area (Å²) in [7, 11) is 0. The Labute approximate surface area is 209 Å². The molecule has 6 heteroatoms. The minimum atomic E-state index is -1.25. The van der Waals surface area contributed by atoms with Crippen LogP contribution >= 0.6 is 0 Å². The Morgan fingerprint density at radius 3 is 2.66 bits per heavy atom. The van der Waals surface area contributed by atoms with Crippen LogP contribution in [-0.2, 0) is 12.0 Å². The minimum absolute atomic E-state index is 0.134. The van der Waals surface area contributed by atoms with Crippen LogP contribution in [0.2, 0.25) is 0 Å². The van der Waals surface area contributed by atoms with Crippen molar-refractivity contribution in [2.45, 2.75) is 65.4 Å². The number of rotatable bonds is 9. The number of halogens is 1. The van der Waals surface area contributed by atoms with Crippen molar-refractivity contribution < 1.29 is 14.3 Å². The number of carbonyl (C=O) groups excluding carboxylic acids is 1. The van der Waals surface area contributed by atoms with Crippen LogP contribution in [0.1, 0.15) is 64.5 Å². The molecule has 2 aromatic rings. The summed E-state index contributed by atoms with van der Waals surface area (Å²) in [5, 5.41) is 15.3. The number of carbonyl (C=O) groups is 1. The molecule has 0 saturated carbocycles. The first kappa shape index (κ1) is 27.2. The molecule has 0 aromatic heterocycles. The van der Waals surface area contributed by atoms with Gasteiger partial charge in [-0.3, -0.25) is 0 Å². The van der Waals surface area contributed by atoms with Crippen LogP contribution < -0.4 is 11.1 Å². The van der Waals surface area contributed by atoms with Gasteiger partial charge in [0.15, 0.2) is 0 Å². The van der Waals surface area contributed by atoms with Crippen molar-refractivity contribution in [1.29, 1.82) is 0 Å². The summed E-state index contributed by atoms with van der Waals surface area (Å²) in [6.45, 7) is 10.2. The van der Waals surface area contributed by atoms with Gasteiger partial charge in [-0.1, -0.05) is 70.5 Å². The number of urea groups is 1. The normalized spacial score (nSPS) is 18.3. The third kappa shape index (κ3) is 6.22. The van der Waals surface area contributed by atoms with Crippen molar-refractivity contribution in [3.63, 3.8) is 0 Å². The SMILES string of the molecule is CCCC(O)(c1cccc(F)c1-c1cccc(CC)c1)C1CCCN(C(=O)NCC(C)(C)CN)C1. The highest BCUT2D eigenvalue weighted by Gasteiger charge is 2.42. The van der Waals surface area contributed by atoms with E-state index in [1.807, 2.05) is 51.1 Å². The Morgan fingerprint density at radius 1 is 1.23 bits per heavy atom. The number of nitrogens with zero attached hydrogens (tertiary/aromatic N) is 1. The van der Waals surface area contributed by atoms with E-state index in [0.717, 1.165) is 36.8 Å². The van der Waals surface area contributed by atoms with Crippen LogP contribution in [-0.4, -0.2) is 42.2 Å². The predicted octanol–water partition coefficient (Wildman–Crippen LogP) is 5.45. The zero-order valence-electron chi connectivity index (χ0n) is 21.7. The van der Waals surface area contributed by atoms with E-state index < -0.39 is 5.60 Å². The van der Waals surface area contributed by atoms with Gasteiger partial charge >= 0.3 is 6.03 Å². The van der Waals surface area contributed by atoms with Crippen molar-refractivity contribution in [3.8, 4) is 11.1 Å². The van der Waals surface area contributed by atoms with Gasteiger partial charge in [-0.05, 0) is 60.4 Å². The van der Waals surface area contributed by atoms with E-state index in [1.165, 1.54) is 6.07 Å². The number of hydrogen-bond acceptors (Lipinski definition) is 3. The Hall–Kier alpha value is -2.44. The molecule has 1 aliphatic rings. The second kappa shape index (κ2) is 11.5. The van der Waals surface area contributed by atoms with Gasteiger partial charge in [0.25, 0.3) is 0 Å². The largest absolute Gasteiger partial charge is 0.385 e. The number of aliphatic hydroxyl groups is 1. The lowest BCUT2D eigenvalue weighted by Gasteiger charge is -2.43. The molecule has 0 radical (unpaired) electrons. The summed E-state index contributed by atoms with van der Waals surface area (Å²) in [4.78, 5) is 14.8. The van der Waals surface area contributed by atoms with Gasteiger partial charge in [0, 0.05) is 31.1 Å². The maximum atomic E-state index is 15.4. The first-order valence-electron chi connectivity index (χ1n) is 13.0. The summed E-state index contributed by atoms with van der Waals surface area (Å²) in [6.07, 6.45) is 3.66. The number of hydrogen-bond donors (Lipinski definition) is 3. The number of benzene rings is 2. The van der Waals surface area contributed by atoms with Gasteiger partial charge in [-0.15, -0.1) is 0 Å². The van der Waals surface area contributed by atoms with E-state index in [1.54, 1.807) is 11.0 Å². The second-order valence-electron chi connectivity index (χ2n) is 10.7. The highest BCUT2D eigenvalue weighted by Crippen LogP contribution is 2.44. The molecule has 2 atom stereocenters. The maximum Gasteiger partial charge on any atom is 0.317 e. The molecule has 5 nitrogen and oxygen atoms in total. The Bertz CT molecular complexity index is 1010. The summed E-state index contributed by atoms with van der Waals surface area (Å²) >= 11 is 0. The standard InChI is InChI=1S/C29H42FN3O2/c1-5-15-29(35,23-12-9-16-33(18-23)27(34)32-20-28(3,4)19-31)24-13-8-14-25(30)26(24)22-11-7-10-21(6-2)17-22/h7-8,10-11,13-14,17,23,35H,5-6,9,12,15-16,18-20,31H2,1-4H3,(H,32,34). The predicted molar refractivity (Wildman–Crippen MR) is 141 cm³/mol. The average molecular weight is 484 g/mol. The molecule has 0 aliphatic carbocycles. The van der Waals surface area contributed by atoms with E-state index in [4.69, 9.17) is 5.73 Å². The zero-order valence-corrected chi connectivity index (χ0v) is 21.7. The van der Waals surface area contributed by atoms with Crippen molar-refractivity contribution in [1.82, 2.24) is 10.2 Å². The third-order valence-corrected chi connectivity index (χ3v) is 7.39. The fourth-order valence-corrected chi connectivity index (χ4v) is 5.12. The zero-order chi connectivity index (χ0) is 25.6. The van der Waals surface area contributed by atoms with Gasteiger partial charge in [0.05, 0.1) is 5.60 Å². The van der Waals surface area contributed by atoms with E-state index in [9.17, 15) is 9.90 Å². The van der Waals surface area contributed by atoms with Crippen LogP contribution in [0.3, 0.4) is 0 Å². The number of piperidine rings is 1. The number of nitrogens with one attached hydrogen (secondary N) is 1. The van der Waals surface area contributed by atoms with Gasteiger partial charge in [-0.25, -0.2) is 9.18 Å². The van der Waals surface area contributed by atoms with E-state index in [0.29, 0.717) is 43.7 Å². The van der Waals surface area contributed by atoms with Crippen LogP contribution in [0, 0.1) is 17.2 Å². The molecule has 0 spiro atoms. The molecular weight excluding hydrogens is 441 g/mol. The minimum Gasteiger partial charge on any atom is -0.385 e. The number of amides is 2. The molecule has 1 aliphatic heterocycles. The van der Waals surface area contributed by atoms with Gasteiger partial charge in [-0.2, -0.15) is 0 Å². The van der Waals surface area contributed by atoms with Crippen LogP contribution in [0.5, 0.6) is 0 Å². The molecule has 2 aromatic carbocycles. The van der Waals surface area contributed by atoms with Crippen LogP contribution in [0.15, 0.2) is 42.5 Å². The van der Waals surface area contributed by atoms with Crippen molar-refractivity contribution in [3.05, 3.63) is 59.4 Å². The molecule has 1 saturated heterocycles. The number of likely N-dealkylation sites (tertiary alicyclic amines) is 1.